The molecule has 0 aliphatic carbocycles. The summed E-state index contributed by atoms with van der Waals surface area (Å²) in [6, 6.07) is 10.3. The molecule has 0 saturated heterocycles. The largest absolute Gasteiger partial charge is 0.223 e. The standard InChI is InChI=1S/C14H14O2S3/c1-10-3-2-4-11(9-10)18-13-6-8-19(15,16)14-12(13)5-7-17-14/h2-5,7,9,13H,6,8H2,1H3. The molecule has 0 saturated carbocycles. The number of thioether (sulfide) groups is 1. The van der Waals surface area contributed by atoms with Gasteiger partial charge in [0.25, 0.3) is 0 Å². The van der Waals surface area contributed by atoms with Crippen molar-refractivity contribution >= 4 is 32.9 Å². The lowest BCUT2D eigenvalue weighted by molar-refractivity contribution is 0.588. The zero-order chi connectivity index (χ0) is 13.5. The number of benzene rings is 1. The molecule has 1 aliphatic rings. The molecule has 1 aromatic heterocycles. The van der Waals surface area contributed by atoms with E-state index in [4.69, 9.17) is 0 Å². The van der Waals surface area contributed by atoms with Crippen LogP contribution in [0.2, 0.25) is 0 Å². The van der Waals surface area contributed by atoms with E-state index in [0.717, 1.165) is 5.56 Å². The molecule has 2 aromatic rings. The summed E-state index contributed by atoms with van der Waals surface area (Å²) in [5.74, 6) is 0.268. The molecule has 1 unspecified atom stereocenters. The number of thiophene rings is 1. The van der Waals surface area contributed by atoms with Crippen LogP contribution in [0.1, 0.15) is 22.8 Å². The molecule has 5 heteroatoms. The Labute approximate surface area is 121 Å². The minimum atomic E-state index is -3.03. The summed E-state index contributed by atoms with van der Waals surface area (Å²) in [6.45, 7) is 2.07. The van der Waals surface area contributed by atoms with Gasteiger partial charge in [-0.3, -0.25) is 0 Å². The Hall–Kier alpha value is -0.780. The average Bonchev–Trinajstić information content (AvgIpc) is 2.84. The molecule has 1 atom stereocenters. The summed E-state index contributed by atoms with van der Waals surface area (Å²) < 4.78 is 24.5. The summed E-state index contributed by atoms with van der Waals surface area (Å²) in [4.78, 5) is 1.21. The fourth-order valence-electron chi connectivity index (χ4n) is 2.28. The van der Waals surface area contributed by atoms with Crippen molar-refractivity contribution in [3.63, 3.8) is 0 Å². The zero-order valence-electron chi connectivity index (χ0n) is 10.5. The molecular weight excluding hydrogens is 296 g/mol. The van der Waals surface area contributed by atoms with Gasteiger partial charge in [-0.15, -0.1) is 23.1 Å². The van der Waals surface area contributed by atoms with Gasteiger partial charge in [-0.2, -0.15) is 0 Å². The van der Waals surface area contributed by atoms with E-state index in [0.29, 0.717) is 10.6 Å². The highest BCUT2D eigenvalue weighted by atomic mass is 32.2. The summed E-state index contributed by atoms with van der Waals surface area (Å²) in [5.41, 5.74) is 2.22. The van der Waals surface area contributed by atoms with Crippen molar-refractivity contribution < 1.29 is 8.42 Å². The zero-order valence-corrected chi connectivity index (χ0v) is 12.9. The molecule has 0 N–H and O–H groups in total. The van der Waals surface area contributed by atoms with Crippen LogP contribution in [0, 0.1) is 6.92 Å². The van der Waals surface area contributed by atoms with E-state index >= 15 is 0 Å². The molecule has 19 heavy (non-hydrogen) atoms. The van der Waals surface area contributed by atoms with E-state index in [2.05, 4.69) is 25.1 Å². The Balaban J connectivity index is 1.92. The minimum Gasteiger partial charge on any atom is -0.223 e. The van der Waals surface area contributed by atoms with Crippen molar-refractivity contribution in [2.24, 2.45) is 0 Å². The highest BCUT2D eigenvalue weighted by molar-refractivity contribution is 8.00. The first-order chi connectivity index (χ1) is 9.06. The molecule has 0 spiro atoms. The van der Waals surface area contributed by atoms with Gasteiger partial charge in [0.1, 0.15) is 4.21 Å². The average molecular weight is 310 g/mol. The van der Waals surface area contributed by atoms with Crippen molar-refractivity contribution in [3.05, 3.63) is 46.8 Å². The van der Waals surface area contributed by atoms with Crippen LogP contribution in [-0.2, 0) is 9.84 Å². The third-order valence-corrected chi connectivity index (χ3v) is 7.85. The predicted molar refractivity (Wildman–Crippen MR) is 80.8 cm³/mol. The van der Waals surface area contributed by atoms with Gasteiger partial charge >= 0.3 is 0 Å². The van der Waals surface area contributed by atoms with Crippen molar-refractivity contribution in [1.29, 1.82) is 0 Å². The first-order valence-electron chi connectivity index (χ1n) is 6.10. The maximum atomic E-state index is 12.0. The maximum absolute atomic E-state index is 12.0. The number of rotatable bonds is 2. The normalized spacial score (nSPS) is 21.0. The first-order valence-corrected chi connectivity index (χ1v) is 9.51. The second-order valence-electron chi connectivity index (χ2n) is 4.69. The number of hydrogen-bond acceptors (Lipinski definition) is 4. The molecule has 1 aliphatic heterocycles. The molecule has 1 aromatic carbocycles. The lowest BCUT2D eigenvalue weighted by atomic mass is 10.2. The molecule has 0 radical (unpaired) electrons. The molecule has 2 nitrogen and oxygen atoms in total. The predicted octanol–water partition coefficient (Wildman–Crippen LogP) is 4.07. The van der Waals surface area contributed by atoms with Gasteiger partial charge < -0.3 is 0 Å². The Morgan fingerprint density at radius 1 is 1.32 bits per heavy atom. The second-order valence-corrected chi connectivity index (χ2v) is 9.19. The Bertz CT molecular complexity index is 701. The summed E-state index contributed by atoms with van der Waals surface area (Å²) in [7, 11) is -3.03. The Morgan fingerprint density at radius 2 is 2.16 bits per heavy atom. The lowest BCUT2D eigenvalue weighted by Gasteiger charge is -2.22. The summed E-state index contributed by atoms with van der Waals surface area (Å²) in [6.07, 6.45) is 0.699. The second kappa shape index (κ2) is 4.96. The lowest BCUT2D eigenvalue weighted by Crippen LogP contribution is -2.16. The monoisotopic (exact) mass is 310 g/mol. The van der Waals surface area contributed by atoms with Crippen LogP contribution >= 0.6 is 23.1 Å². The Kier molecular flexibility index (Phi) is 3.45. The minimum absolute atomic E-state index is 0.256. The van der Waals surface area contributed by atoms with Gasteiger partial charge in [-0.1, -0.05) is 17.7 Å². The van der Waals surface area contributed by atoms with Crippen LogP contribution in [0.5, 0.6) is 0 Å². The number of aryl methyl sites for hydroxylation is 1. The third-order valence-electron chi connectivity index (χ3n) is 3.20. The Morgan fingerprint density at radius 3 is 2.95 bits per heavy atom. The van der Waals surface area contributed by atoms with Crippen LogP contribution in [0.3, 0.4) is 0 Å². The SMILES string of the molecule is Cc1cccc(SC2CCS(=O)(=O)c3sccc32)c1. The third kappa shape index (κ3) is 2.59. The molecular formula is C14H14O2S3. The van der Waals surface area contributed by atoms with Crippen molar-refractivity contribution in [2.45, 2.75) is 27.7 Å². The van der Waals surface area contributed by atoms with Crippen molar-refractivity contribution in [3.8, 4) is 0 Å². The summed E-state index contributed by atoms with van der Waals surface area (Å²) >= 11 is 3.12. The van der Waals surface area contributed by atoms with E-state index < -0.39 is 9.84 Å². The van der Waals surface area contributed by atoms with Gasteiger partial charge in [0.15, 0.2) is 9.84 Å². The van der Waals surface area contributed by atoms with E-state index in [1.54, 1.807) is 11.8 Å². The van der Waals surface area contributed by atoms with Gasteiger partial charge in [0, 0.05) is 10.1 Å². The first kappa shape index (κ1) is 13.2. The quantitative estimate of drug-likeness (QED) is 0.838. The topological polar surface area (TPSA) is 34.1 Å². The summed E-state index contributed by atoms with van der Waals surface area (Å²) in [5, 5.41) is 2.14. The fourth-order valence-corrected chi connectivity index (χ4v) is 6.87. The van der Waals surface area contributed by atoms with E-state index in [1.165, 1.54) is 21.8 Å². The molecule has 100 valence electrons. The molecule has 2 heterocycles. The highest BCUT2D eigenvalue weighted by Gasteiger charge is 2.31. The molecule has 0 amide bonds. The van der Waals surface area contributed by atoms with E-state index in [-0.39, 0.29) is 11.0 Å². The number of fused-ring (bicyclic) bond motifs is 1. The van der Waals surface area contributed by atoms with E-state index in [9.17, 15) is 8.42 Å². The maximum Gasteiger partial charge on any atom is 0.188 e. The van der Waals surface area contributed by atoms with Crippen LogP contribution in [0.25, 0.3) is 0 Å². The van der Waals surface area contributed by atoms with Crippen LogP contribution in [-0.4, -0.2) is 14.2 Å². The molecule has 0 fully saturated rings. The van der Waals surface area contributed by atoms with Gasteiger partial charge in [0.05, 0.1) is 5.75 Å². The molecule has 0 bridgehead atoms. The number of sulfone groups is 1. The van der Waals surface area contributed by atoms with E-state index in [1.807, 2.05) is 17.5 Å². The highest BCUT2D eigenvalue weighted by Crippen LogP contribution is 2.46. The van der Waals surface area contributed by atoms with Crippen LogP contribution in [0.15, 0.2) is 44.8 Å². The van der Waals surface area contributed by atoms with Crippen LogP contribution < -0.4 is 0 Å². The van der Waals surface area contributed by atoms with Crippen molar-refractivity contribution in [1.82, 2.24) is 0 Å². The van der Waals surface area contributed by atoms with Gasteiger partial charge in [0.2, 0.25) is 0 Å². The molecule has 3 rings (SSSR count). The van der Waals surface area contributed by atoms with Gasteiger partial charge in [-0.05, 0) is 42.5 Å². The number of hydrogen-bond donors (Lipinski definition) is 0. The smallest absolute Gasteiger partial charge is 0.188 e. The fraction of sp³-hybridized carbons (Fsp3) is 0.286. The van der Waals surface area contributed by atoms with Crippen molar-refractivity contribution in [2.75, 3.05) is 5.75 Å². The van der Waals surface area contributed by atoms with Crippen LogP contribution in [0.4, 0.5) is 0 Å². The van der Waals surface area contributed by atoms with Gasteiger partial charge in [-0.25, -0.2) is 8.42 Å².